The number of ketones is 1. The van der Waals surface area contributed by atoms with Crippen LogP contribution in [0.5, 0.6) is 0 Å². The van der Waals surface area contributed by atoms with E-state index in [1.165, 1.54) is 16.7 Å². The fraction of sp³-hybridized carbons (Fsp3) is 0.525. The fourth-order valence-electron chi connectivity index (χ4n) is 9.83. The van der Waals surface area contributed by atoms with E-state index in [0.29, 0.717) is 55.7 Å². The van der Waals surface area contributed by atoms with Crippen molar-refractivity contribution in [2.45, 2.75) is 96.9 Å². The van der Waals surface area contributed by atoms with Crippen molar-refractivity contribution in [1.82, 2.24) is 0 Å². The molecule has 0 heterocycles. The number of fused-ring (bicyclic) bond motifs is 5. The van der Waals surface area contributed by atoms with Crippen LogP contribution in [0.3, 0.4) is 0 Å². The molecule has 4 heteroatoms. The van der Waals surface area contributed by atoms with Crippen molar-refractivity contribution in [3.05, 3.63) is 108 Å². The molecule has 0 saturated heterocycles. The first-order valence-corrected chi connectivity index (χ1v) is 17.0. The molecule has 0 aliphatic heterocycles. The Morgan fingerprint density at radius 1 is 0.614 bits per heavy atom. The Balaban J connectivity index is 1.23. The molecule has 0 bridgehead atoms. The fourth-order valence-corrected chi connectivity index (χ4v) is 9.83. The summed E-state index contributed by atoms with van der Waals surface area (Å²) < 4.78 is 20.9. The topological polar surface area (TPSA) is 44.8 Å². The lowest BCUT2D eigenvalue weighted by Crippen LogP contribution is -2.65. The molecule has 232 valence electrons. The van der Waals surface area contributed by atoms with Crippen molar-refractivity contribution in [2.75, 3.05) is 0 Å². The molecule has 4 nitrogen and oxygen atoms in total. The van der Waals surface area contributed by atoms with Crippen LogP contribution in [0.25, 0.3) is 0 Å². The number of hydrogen-bond donors (Lipinski definition) is 0. The maximum absolute atomic E-state index is 13.4. The van der Waals surface area contributed by atoms with E-state index in [-0.39, 0.29) is 29.1 Å². The van der Waals surface area contributed by atoms with Gasteiger partial charge in [0.1, 0.15) is 5.78 Å². The van der Waals surface area contributed by atoms with E-state index in [4.69, 9.17) is 14.2 Å². The second kappa shape index (κ2) is 12.5. The van der Waals surface area contributed by atoms with Crippen LogP contribution in [0.1, 0.15) is 75.5 Å². The zero-order valence-electron chi connectivity index (χ0n) is 26.4. The second-order valence-corrected chi connectivity index (χ2v) is 14.5. The van der Waals surface area contributed by atoms with Crippen LogP contribution in [-0.2, 0) is 38.8 Å². The molecule has 4 aliphatic carbocycles. The van der Waals surface area contributed by atoms with Crippen molar-refractivity contribution in [2.24, 2.45) is 34.5 Å². The van der Waals surface area contributed by atoms with E-state index >= 15 is 0 Å². The molecule has 4 fully saturated rings. The number of hydrogen-bond acceptors (Lipinski definition) is 4. The van der Waals surface area contributed by atoms with E-state index < -0.39 is 0 Å². The number of carbonyl (C=O) groups is 1. The van der Waals surface area contributed by atoms with Crippen molar-refractivity contribution in [3.63, 3.8) is 0 Å². The first kappa shape index (κ1) is 29.9. The number of Topliss-reactive ketones (excluding diaryl/α,β-unsaturated/α-hetero) is 1. The lowest BCUT2D eigenvalue weighted by Gasteiger charge is -2.64. The largest absolute Gasteiger partial charge is 0.374 e. The van der Waals surface area contributed by atoms with Gasteiger partial charge in [-0.3, -0.25) is 4.79 Å². The average Bonchev–Trinajstić information content (AvgIpc) is 3.37. The van der Waals surface area contributed by atoms with Gasteiger partial charge in [-0.15, -0.1) is 0 Å². The molecule has 0 aromatic heterocycles. The standard InChI is InChI=1S/C40H48O4/c1-39-22-20-31(42-25-28-12-6-3-7-13-28)24-34(39)37(43-26-29-14-8-4-9-15-29)38(44-27-30-16-10-5-11-17-30)36-32-18-19-35(41)40(32,2)23-21-33(36)39/h3-17,31-34,36-38H,18-27H2,1-2H3/t31-,32?,33?,34?,36?,37-,38?,39-,40+/m1/s1. The third-order valence-electron chi connectivity index (χ3n) is 12.3. The van der Waals surface area contributed by atoms with Gasteiger partial charge < -0.3 is 14.2 Å². The van der Waals surface area contributed by atoms with E-state index in [9.17, 15) is 4.79 Å². The summed E-state index contributed by atoms with van der Waals surface area (Å²) in [5.41, 5.74) is 3.49. The average molecular weight is 593 g/mol. The molecule has 4 aliphatic rings. The Labute approximate surface area is 263 Å². The Morgan fingerprint density at radius 3 is 1.75 bits per heavy atom. The lowest BCUT2D eigenvalue weighted by atomic mass is 9.43. The second-order valence-electron chi connectivity index (χ2n) is 14.5. The maximum Gasteiger partial charge on any atom is 0.139 e. The quantitative estimate of drug-likeness (QED) is 0.250. The Bertz CT molecular complexity index is 1390. The summed E-state index contributed by atoms with van der Waals surface area (Å²) >= 11 is 0. The minimum atomic E-state index is -0.237. The van der Waals surface area contributed by atoms with Gasteiger partial charge in [0.15, 0.2) is 0 Å². The Morgan fingerprint density at radius 2 is 1.16 bits per heavy atom. The number of benzene rings is 3. The molecule has 0 spiro atoms. The van der Waals surface area contributed by atoms with Gasteiger partial charge in [-0.2, -0.15) is 0 Å². The SMILES string of the molecule is C[C@]12CC[C@@H](OCc3ccccc3)CC1[C@@H](OCc1ccccc1)C(OCc1ccccc1)C1C2CC[C@]2(C)C(=O)CCC12. The third-order valence-corrected chi connectivity index (χ3v) is 12.3. The van der Waals surface area contributed by atoms with Crippen LogP contribution < -0.4 is 0 Å². The number of ether oxygens (including phenoxy) is 3. The van der Waals surface area contributed by atoms with Crippen molar-refractivity contribution in [3.8, 4) is 0 Å². The van der Waals surface area contributed by atoms with Crippen LogP contribution in [0, 0.1) is 34.5 Å². The minimum Gasteiger partial charge on any atom is -0.374 e. The number of rotatable bonds is 9. The zero-order chi connectivity index (χ0) is 30.1. The molecule has 3 aromatic rings. The monoisotopic (exact) mass is 592 g/mol. The molecule has 5 unspecified atom stereocenters. The van der Waals surface area contributed by atoms with Gasteiger partial charge in [-0.25, -0.2) is 0 Å². The smallest absolute Gasteiger partial charge is 0.139 e. The van der Waals surface area contributed by atoms with Crippen molar-refractivity contribution < 1.29 is 19.0 Å². The van der Waals surface area contributed by atoms with E-state index in [2.05, 4.69) is 105 Å². The maximum atomic E-state index is 13.4. The zero-order valence-corrected chi connectivity index (χ0v) is 26.4. The van der Waals surface area contributed by atoms with Gasteiger partial charge in [0, 0.05) is 11.8 Å². The molecular formula is C40H48O4. The summed E-state index contributed by atoms with van der Waals surface area (Å²) in [5, 5.41) is 0. The molecule has 9 atom stereocenters. The van der Waals surface area contributed by atoms with E-state index in [0.717, 1.165) is 38.5 Å². The summed E-state index contributed by atoms with van der Waals surface area (Å²) in [4.78, 5) is 13.4. The molecule has 3 aromatic carbocycles. The first-order chi connectivity index (χ1) is 21.5. The van der Waals surface area contributed by atoms with Gasteiger partial charge in [-0.05, 0) is 84.3 Å². The van der Waals surface area contributed by atoms with E-state index in [1.54, 1.807) is 0 Å². The summed E-state index contributed by atoms with van der Waals surface area (Å²) in [7, 11) is 0. The van der Waals surface area contributed by atoms with Crippen LogP contribution in [0.4, 0.5) is 0 Å². The highest BCUT2D eigenvalue weighted by molar-refractivity contribution is 5.87. The van der Waals surface area contributed by atoms with Gasteiger partial charge in [0.25, 0.3) is 0 Å². The molecule has 0 amide bonds. The van der Waals surface area contributed by atoms with E-state index in [1.807, 2.05) is 0 Å². The molecule has 4 saturated carbocycles. The molecular weight excluding hydrogens is 544 g/mol. The van der Waals surface area contributed by atoms with Crippen LogP contribution in [0.15, 0.2) is 91.0 Å². The normalized spacial score (nSPS) is 36.3. The van der Waals surface area contributed by atoms with Crippen LogP contribution in [-0.4, -0.2) is 24.1 Å². The first-order valence-electron chi connectivity index (χ1n) is 17.0. The highest BCUT2D eigenvalue weighted by Gasteiger charge is 2.66. The van der Waals surface area contributed by atoms with Crippen LogP contribution >= 0.6 is 0 Å². The van der Waals surface area contributed by atoms with Gasteiger partial charge in [-0.1, -0.05) is 105 Å². The van der Waals surface area contributed by atoms with Gasteiger partial charge in [0.2, 0.25) is 0 Å². The van der Waals surface area contributed by atoms with Crippen molar-refractivity contribution >= 4 is 5.78 Å². The highest BCUT2D eigenvalue weighted by atomic mass is 16.5. The predicted octanol–water partition coefficient (Wildman–Crippen LogP) is 8.57. The van der Waals surface area contributed by atoms with Gasteiger partial charge >= 0.3 is 0 Å². The van der Waals surface area contributed by atoms with Crippen molar-refractivity contribution in [1.29, 1.82) is 0 Å². The highest BCUT2D eigenvalue weighted by Crippen LogP contribution is 2.66. The lowest BCUT2D eigenvalue weighted by molar-refractivity contribution is -0.252. The molecule has 0 N–H and O–H groups in total. The summed E-state index contributed by atoms with van der Waals surface area (Å²) in [6, 6.07) is 31.7. The van der Waals surface area contributed by atoms with Crippen LogP contribution in [0.2, 0.25) is 0 Å². The van der Waals surface area contributed by atoms with Gasteiger partial charge in [0.05, 0.1) is 38.1 Å². The summed E-state index contributed by atoms with van der Waals surface area (Å²) in [6.45, 7) is 6.59. The third kappa shape index (κ3) is 5.59. The Kier molecular flexibility index (Phi) is 8.52. The predicted molar refractivity (Wildman–Crippen MR) is 173 cm³/mol. The molecule has 7 rings (SSSR count). The number of carbonyl (C=O) groups excluding carboxylic acids is 1. The summed E-state index contributed by atoms with van der Waals surface area (Å²) in [6.07, 6.45) is 7.06. The summed E-state index contributed by atoms with van der Waals surface area (Å²) in [5.74, 6) is 1.97. The Hall–Kier alpha value is -2.79. The molecule has 0 radical (unpaired) electrons. The minimum absolute atomic E-state index is 0.0636. The molecule has 44 heavy (non-hydrogen) atoms.